The monoisotopic (exact) mass is 318 g/mol. The van der Waals surface area contributed by atoms with E-state index in [9.17, 15) is 9.90 Å². The van der Waals surface area contributed by atoms with Gasteiger partial charge in [-0.15, -0.1) is 0 Å². The quantitative estimate of drug-likeness (QED) is 0.802. The first-order chi connectivity index (χ1) is 10.5. The van der Waals surface area contributed by atoms with E-state index in [1.54, 1.807) is 24.3 Å². The number of amides is 2. The number of urea groups is 1. The molecular formula is C17H19ClN2O2. The van der Waals surface area contributed by atoms with Crippen LogP contribution in [0, 0.1) is 13.8 Å². The molecule has 4 nitrogen and oxygen atoms in total. The van der Waals surface area contributed by atoms with Gasteiger partial charge in [0.25, 0.3) is 0 Å². The van der Waals surface area contributed by atoms with Gasteiger partial charge in [0.05, 0.1) is 6.10 Å². The van der Waals surface area contributed by atoms with Gasteiger partial charge in [-0.05, 0) is 31.5 Å². The van der Waals surface area contributed by atoms with Crippen molar-refractivity contribution in [3.05, 3.63) is 64.2 Å². The van der Waals surface area contributed by atoms with Crippen molar-refractivity contribution >= 4 is 23.3 Å². The molecule has 0 aliphatic carbocycles. The Bertz CT molecular complexity index is 673. The lowest BCUT2D eigenvalue weighted by Crippen LogP contribution is -2.32. The van der Waals surface area contributed by atoms with E-state index >= 15 is 0 Å². The Morgan fingerprint density at radius 3 is 2.64 bits per heavy atom. The summed E-state index contributed by atoms with van der Waals surface area (Å²) in [6.07, 6.45) is -0.849. The summed E-state index contributed by atoms with van der Waals surface area (Å²) < 4.78 is 0. The molecule has 0 heterocycles. The molecule has 2 amide bonds. The van der Waals surface area contributed by atoms with Gasteiger partial charge in [-0.1, -0.05) is 47.5 Å². The van der Waals surface area contributed by atoms with E-state index in [4.69, 9.17) is 11.6 Å². The van der Waals surface area contributed by atoms with Gasteiger partial charge in [0.2, 0.25) is 0 Å². The van der Waals surface area contributed by atoms with Gasteiger partial charge in [-0.2, -0.15) is 0 Å². The molecular weight excluding hydrogens is 300 g/mol. The largest absolute Gasteiger partial charge is 0.387 e. The molecule has 0 bridgehead atoms. The number of halogens is 1. The molecule has 2 aromatic rings. The van der Waals surface area contributed by atoms with Crippen LogP contribution in [0.3, 0.4) is 0 Å². The van der Waals surface area contributed by atoms with Gasteiger partial charge >= 0.3 is 6.03 Å². The Hall–Kier alpha value is -2.04. The predicted octanol–water partition coefficient (Wildman–Crippen LogP) is 3.81. The van der Waals surface area contributed by atoms with Crippen LogP contribution in [0.2, 0.25) is 5.02 Å². The Morgan fingerprint density at radius 2 is 1.95 bits per heavy atom. The Kier molecular flexibility index (Phi) is 5.41. The lowest BCUT2D eigenvalue weighted by Gasteiger charge is -2.15. The molecule has 116 valence electrons. The number of aryl methyl sites for hydroxylation is 2. The summed E-state index contributed by atoms with van der Waals surface area (Å²) in [4.78, 5) is 11.9. The van der Waals surface area contributed by atoms with E-state index in [0.29, 0.717) is 10.6 Å². The van der Waals surface area contributed by atoms with Crippen LogP contribution in [0.5, 0.6) is 0 Å². The highest BCUT2D eigenvalue weighted by Gasteiger charge is 2.12. The summed E-state index contributed by atoms with van der Waals surface area (Å²) in [5.41, 5.74) is 3.46. The number of nitrogens with one attached hydrogen (secondary N) is 2. The van der Waals surface area contributed by atoms with Gasteiger partial charge in [0.1, 0.15) is 0 Å². The average molecular weight is 319 g/mol. The summed E-state index contributed by atoms with van der Waals surface area (Å²) in [7, 11) is 0. The normalized spacial score (nSPS) is 11.8. The minimum absolute atomic E-state index is 0.0838. The minimum atomic E-state index is -0.849. The minimum Gasteiger partial charge on any atom is -0.387 e. The van der Waals surface area contributed by atoms with Crippen LogP contribution in [0.15, 0.2) is 42.5 Å². The maximum Gasteiger partial charge on any atom is 0.319 e. The average Bonchev–Trinajstić information content (AvgIpc) is 2.48. The Balaban J connectivity index is 1.91. The molecule has 0 fully saturated rings. The number of hydrogen-bond acceptors (Lipinski definition) is 2. The molecule has 2 rings (SSSR count). The zero-order valence-electron chi connectivity index (χ0n) is 12.6. The lowest BCUT2D eigenvalue weighted by atomic mass is 10.1. The summed E-state index contributed by atoms with van der Waals surface area (Å²) >= 11 is 6.01. The van der Waals surface area contributed by atoms with E-state index in [0.717, 1.165) is 16.8 Å². The molecule has 0 radical (unpaired) electrons. The Morgan fingerprint density at radius 1 is 1.23 bits per heavy atom. The molecule has 0 aromatic heterocycles. The first kappa shape index (κ1) is 16.3. The number of carbonyl (C=O) groups is 1. The van der Waals surface area contributed by atoms with Gasteiger partial charge < -0.3 is 15.7 Å². The number of hydrogen-bond donors (Lipinski definition) is 3. The molecule has 0 aliphatic heterocycles. The molecule has 0 spiro atoms. The highest BCUT2D eigenvalue weighted by molar-refractivity contribution is 6.31. The van der Waals surface area contributed by atoms with Crippen molar-refractivity contribution in [2.24, 2.45) is 0 Å². The van der Waals surface area contributed by atoms with Gasteiger partial charge in [0, 0.05) is 22.8 Å². The second kappa shape index (κ2) is 7.29. The zero-order valence-corrected chi connectivity index (χ0v) is 13.3. The van der Waals surface area contributed by atoms with Crippen LogP contribution >= 0.6 is 11.6 Å². The first-order valence-corrected chi connectivity index (χ1v) is 7.40. The first-order valence-electron chi connectivity index (χ1n) is 7.02. The lowest BCUT2D eigenvalue weighted by molar-refractivity contribution is 0.175. The smallest absolute Gasteiger partial charge is 0.319 e. The molecule has 0 aliphatic rings. The van der Waals surface area contributed by atoms with E-state index in [-0.39, 0.29) is 12.6 Å². The second-order valence-electron chi connectivity index (χ2n) is 5.19. The molecule has 2 aromatic carbocycles. The molecule has 0 saturated heterocycles. The summed E-state index contributed by atoms with van der Waals surface area (Å²) in [5.74, 6) is 0. The summed E-state index contributed by atoms with van der Waals surface area (Å²) in [6, 6.07) is 12.4. The number of anilines is 1. The van der Waals surface area contributed by atoms with E-state index in [1.165, 1.54) is 0 Å². The maximum absolute atomic E-state index is 11.9. The number of benzene rings is 2. The van der Waals surface area contributed by atoms with E-state index < -0.39 is 6.10 Å². The van der Waals surface area contributed by atoms with E-state index in [2.05, 4.69) is 10.6 Å². The van der Waals surface area contributed by atoms with Crippen LogP contribution in [0.4, 0.5) is 10.5 Å². The van der Waals surface area contributed by atoms with Crippen molar-refractivity contribution in [1.82, 2.24) is 5.32 Å². The van der Waals surface area contributed by atoms with Crippen LogP contribution in [0.1, 0.15) is 22.8 Å². The van der Waals surface area contributed by atoms with Crippen LogP contribution in [-0.2, 0) is 0 Å². The van der Waals surface area contributed by atoms with Crippen molar-refractivity contribution in [2.45, 2.75) is 20.0 Å². The topological polar surface area (TPSA) is 61.4 Å². The fourth-order valence-corrected chi connectivity index (χ4v) is 2.43. The standard InChI is InChI=1S/C17H19ClN2O2/c1-11-7-8-15(12(2)9-11)20-17(22)19-10-16(21)13-5-3-4-6-14(13)18/h3-9,16,21H,10H2,1-2H3,(H2,19,20,22). The third-order valence-electron chi connectivity index (χ3n) is 3.35. The molecule has 3 N–H and O–H groups in total. The van der Waals surface area contributed by atoms with Gasteiger partial charge in [-0.25, -0.2) is 4.79 Å². The second-order valence-corrected chi connectivity index (χ2v) is 5.60. The van der Waals surface area contributed by atoms with Gasteiger partial charge in [0.15, 0.2) is 0 Å². The number of rotatable bonds is 4. The number of carbonyl (C=O) groups excluding carboxylic acids is 1. The highest BCUT2D eigenvalue weighted by Crippen LogP contribution is 2.22. The third-order valence-corrected chi connectivity index (χ3v) is 3.69. The molecule has 1 atom stereocenters. The van der Waals surface area contributed by atoms with Crippen molar-refractivity contribution in [2.75, 3.05) is 11.9 Å². The summed E-state index contributed by atoms with van der Waals surface area (Å²) in [5, 5.41) is 16.0. The van der Waals surface area contributed by atoms with Crippen molar-refractivity contribution in [3.8, 4) is 0 Å². The zero-order chi connectivity index (χ0) is 16.1. The number of aliphatic hydroxyl groups is 1. The fraction of sp³-hybridized carbons (Fsp3) is 0.235. The highest BCUT2D eigenvalue weighted by atomic mass is 35.5. The van der Waals surface area contributed by atoms with Crippen LogP contribution < -0.4 is 10.6 Å². The fourth-order valence-electron chi connectivity index (χ4n) is 2.17. The van der Waals surface area contributed by atoms with Crippen LogP contribution in [0.25, 0.3) is 0 Å². The molecule has 5 heteroatoms. The van der Waals surface area contributed by atoms with Gasteiger partial charge in [-0.3, -0.25) is 0 Å². The maximum atomic E-state index is 11.9. The Labute approximate surface area is 135 Å². The third kappa shape index (κ3) is 4.23. The molecule has 1 unspecified atom stereocenters. The van der Waals surface area contributed by atoms with E-state index in [1.807, 2.05) is 32.0 Å². The summed E-state index contributed by atoms with van der Waals surface area (Å²) in [6.45, 7) is 4.01. The van der Waals surface area contributed by atoms with Crippen LogP contribution in [-0.4, -0.2) is 17.7 Å². The number of aliphatic hydroxyl groups excluding tert-OH is 1. The molecule has 22 heavy (non-hydrogen) atoms. The SMILES string of the molecule is Cc1ccc(NC(=O)NCC(O)c2ccccc2Cl)c(C)c1. The van der Waals surface area contributed by atoms with Crippen molar-refractivity contribution in [1.29, 1.82) is 0 Å². The molecule has 0 saturated carbocycles. The van der Waals surface area contributed by atoms with Crippen molar-refractivity contribution in [3.63, 3.8) is 0 Å². The predicted molar refractivity (Wildman–Crippen MR) is 89.3 cm³/mol. The van der Waals surface area contributed by atoms with Crippen molar-refractivity contribution < 1.29 is 9.90 Å².